The first kappa shape index (κ1) is 18.5. The second kappa shape index (κ2) is 9.97. The second-order valence-electron chi connectivity index (χ2n) is 6.14. The minimum absolute atomic E-state index is 0.260. The predicted octanol–water partition coefficient (Wildman–Crippen LogP) is 4.37. The molecule has 0 fully saturated rings. The zero-order valence-corrected chi connectivity index (χ0v) is 15.1. The average Bonchev–Trinajstić information content (AvgIpc) is 3.23. The number of alkyl carbamates (subject to hydrolysis) is 1. The third kappa shape index (κ3) is 6.47. The number of ether oxygens (including phenoxy) is 1. The largest absolute Gasteiger partial charge is 0.445 e. The number of nitrogens with zero attached hydrogens (tertiary/aromatic N) is 2. The molecule has 0 radical (unpaired) electrons. The molecule has 0 saturated heterocycles. The molecule has 0 spiro atoms. The lowest BCUT2D eigenvalue weighted by Gasteiger charge is -2.07. The Bertz CT molecular complexity index is 841. The number of carbonyl (C=O) groups excluding carboxylic acids is 1. The van der Waals surface area contributed by atoms with Gasteiger partial charge in [-0.15, -0.1) is 0 Å². The molecule has 0 aliphatic carbocycles. The number of nitrogens with one attached hydrogen (secondary N) is 1. The summed E-state index contributed by atoms with van der Waals surface area (Å²) in [6, 6.07) is 18.1. The van der Waals surface area contributed by atoms with Gasteiger partial charge in [0.15, 0.2) is 0 Å². The topological polar surface area (TPSA) is 56.2 Å². The van der Waals surface area contributed by atoms with Crippen molar-refractivity contribution >= 4 is 18.2 Å². The minimum Gasteiger partial charge on any atom is -0.445 e. The van der Waals surface area contributed by atoms with Crippen LogP contribution in [0.3, 0.4) is 0 Å². The SMILES string of the molecule is O=C(NCCCn1ccnc1)OCc1ccc(/C=C/c2ccccc2)cc1. The standard InChI is InChI=1S/C22H23N3O2/c26-22(24-13-4-15-25-16-14-23-18-25)27-17-21-11-9-20(10-12-21)8-7-19-5-2-1-3-6-19/h1-3,5-12,14,16,18H,4,13,15,17H2,(H,24,26)/b8-7+. The van der Waals surface area contributed by atoms with Gasteiger partial charge >= 0.3 is 6.09 Å². The van der Waals surface area contributed by atoms with Gasteiger partial charge < -0.3 is 14.6 Å². The summed E-state index contributed by atoms with van der Waals surface area (Å²) < 4.78 is 7.22. The van der Waals surface area contributed by atoms with E-state index in [-0.39, 0.29) is 6.61 Å². The lowest BCUT2D eigenvalue weighted by molar-refractivity contribution is 0.139. The van der Waals surface area contributed by atoms with Crippen molar-refractivity contribution in [3.8, 4) is 0 Å². The Labute approximate surface area is 159 Å². The van der Waals surface area contributed by atoms with Crippen LogP contribution >= 0.6 is 0 Å². The molecule has 1 aromatic heterocycles. The van der Waals surface area contributed by atoms with Crippen molar-refractivity contribution in [1.82, 2.24) is 14.9 Å². The fraction of sp³-hybridized carbons (Fsp3) is 0.182. The molecule has 0 aliphatic rings. The van der Waals surface area contributed by atoms with Gasteiger partial charge in [-0.05, 0) is 23.1 Å². The highest BCUT2D eigenvalue weighted by Gasteiger charge is 2.02. The molecule has 0 aliphatic heterocycles. The fourth-order valence-corrected chi connectivity index (χ4v) is 2.55. The van der Waals surface area contributed by atoms with E-state index in [1.807, 2.05) is 53.2 Å². The van der Waals surface area contributed by atoms with Crippen LogP contribution < -0.4 is 5.32 Å². The number of hydrogen-bond acceptors (Lipinski definition) is 3. The van der Waals surface area contributed by atoms with Crippen LogP contribution in [0.25, 0.3) is 12.2 Å². The fourth-order valence-electron chi connectivity index (χ4n) is 2.55. The van der Waals surface area contributed by atoms with E-state index in [2.05, 4.69) is 34.6 Å². The van der Waals surface area contributed by atoms with E-state index in [1.165, 1.54) is 0 Å². The van der Waals surface area contributed by atoms with Crippen LogP contribution in [-0.4, -0.2) is 22.2 Å². The van der Waals surface area contributed by atoms with E-state index in [1.54, 1.807) is 12.5 Å². The van der Waals surface area contributed by atoms with Gasteiger partial charge in [0.05, 0.1) is 6.33 Å². The van der Waals surface area contributed by atoms with Crippen molar-refractivity contribution in [3.63, 3.8) is 0 Å². The van der Waals surface area contributed by atoms with E-state index in [0.717, 1.165) is 29.7 Å². The zero-order valence-electron chi connectivity index (χ0n) is 15.1. The molecular formula is C22H23N3O2. The molecule has 0 unspecified atom stereocenters. The second-order valence-corrected chi connectivity index (χ2v) is 6.14. The summed E-state index contributed by atoms with van der Waals surface area (Å²) in [7, 11) is 0. The number of rotatable bonds is 8. The van der Waals surface area contributed by atoms with E-state index in [4.69, 9.17) is 4.74 Å². The number of hydrogen-bond donors (Lipinski definition) is 1. The molecule has 138 valence electrons. The Hall–Kier alpha value is -3.34. The monoisotopic (exact) mass is 361 g/mol. The van der Waals surface area contributed by atoms with Crippen LogP contribution in [0.5, 0.6) is 0 Å². The third-order valence-corrected chi connectivity index (χ3v) is 4.04. The zero-order chi connectivity index (χ0) is 18.7. The molecule has 5 heteroatoms. The maximum atomic E-state index is 11.7. The van der Waals surface area contributed by atoms with Gasteiger partial charge in [-0.25, -0.2) is 9.78 Å². The summed E-state index contributed by atoms with van der Waals surface area (Å²) in [5, 5.41) is 2.76. The first-order valence-corrected chi connectivity index (χ1v) is 8.98. The van der Waals surface area contributed by atoms with Gasteiger partial charge in [0.25, 0.3) is 0 Å². The summed E-state index contributed by atoms with van der Waals surface area (Å²) in [5.74, 6) is 0. The summed E-state index contributed by atoms with van der Waals surface area (Å²) in [5.41, 5.74) is 3.22. The average molecular weight is 361 g/mol. The van der Waals surface area contributed by atoms with Crippen LogP contribution in [0.4, 0.5) is 4.79 Å². The Morgan fingerprint density at radius 3 is 2.48 bits per heavy atom. The number of aryl methyl sites for hydroxylation is 1. The summed E-state index contributed by atoms with van der Waals surface area (Å²) in [6.45, 7) is 1.65. The highest BCUT2D eigenvalue weighted by molar-refractivity contribution is 5.69. The summed E-state index contributed by atoms with van der Waals surface area (Å²) in [6.07, 6.45) is 9.97. The van der Waals surface area contributed by atoms with Crippen molar-refractivity contribution in [1.29, 1.82) is 0 Å². The normalized spacial score (nSPS) is 10.8. The Morgan fingerprint density at radius 1 is 1.04 bits per heavy atom. The predicted molar refractivity (Wildman–Crippen MR) is 107 cm³/mol. The van der Waals surface area contributed by atoms with Crippen molar-refractivity contribution in [2.45, 2.75) is 19.6 Å². The lowest BCUT2D eigenvalue weighted by Crippen LogP contribution is -2.25. The van der Waals surface area contributed by atoms with E-state index >= 15 is 0 Å². The highest BCUT2D eigenvalue weighted by Crippen LogP contribution is 2.10. The number of benzene rings is 2. The van der Waals surface area contributed by atoms with Crippen molar-refractivity contribution < 1.29 is 9.53 Å². The summed E-state index contributed by atoms with van der Waals surface area (Å²) in [4.78, 5) is 15.7. The molecule has 3 rings (SSSR count). The third-order valence-electron chi connectivity index (χ3n) is 4.04. The highest BCUT2D eigenvalue weighted by atomic mass is 16.5. The number of aromatic nitrogens is 2. The van der Waals surface area contributed by atoms with Crippen molar-refractivity contribution in [3.05, 3.63) is 90.0 Å². The maximum absolute atomic E-state index is 11.7. The molecule has 0 bridgehead atoms. The minimum atomic E-state index is -0.395. The molecule has 1 N–H and O–H groups in total. The molecule has 1 amide bonds. The number of amides is 1. The first-order valence-electron chi connectivity index (χ1n) is 8.98. The van der Waals surface area contributed by atoms with Gasteiger partial charge in [-0.1, -0.05) is 66.7 Å². The Balaban J connectivity index is 1.36. The van der Waals surface area contributed by atoms with Crippen molar-refractivity contribution in [2.24, 2.45) is 0 Å². The maximum Gasteiger partial charge on any atom is 0.407 e. The van der Waals surface area contributed by atoms with E-state index < -0.39 is 6.09 Å². The van der Waals surface area contributed by atoms with Crippen LogP contribution in [0, 0.1) is 0 Å². The van der Waals surface area contributed by atoms with Gasteiger partial charge in [0, 0.05) is 25.5 Å². The first-order chi connectivity index (χ1) is 13.3. The molecule has 5 nitrogen and oxygen atoms in total. The molecule has 0 atom stereocenters. The van der Waals surface area contributed by atoms with E-state index in [0.29, 0.717) is 6.54 Å². The van der Waals surface area contributed by atoms with Crippen LogP contribution in [0.1, 0.15) is 23.1 Å². The molecule has 3 aromatic rings. The number of carbonyl (C=O) groups is 1. The lowest BCUT2D eigenvalue weighted by atomic mass is 10.1. The van der Waals surface area contributed by atoms with Crippen molar-refractivity contribution in [2.75, 3.05) is 6.54 Å². The molecule has 1 heterocycles. The smallest absolute Gasteiger partial charge is 0.407 e. The summed E-state index contributed by atoms with van der Waals surface area (Å²) >= 11 is 0. The van der Waals surface area contributed by atoms with Gasteiger partial charge in [-0.3, -0.25) is 0 Å². The van der Waals surface area contributed by atoms with Gasteiger partial charge in [0.1, 0.15) is 6.61 Å². The molecule has 2 aromatic carbocycles. The van der Waals surface area contributed by atoms with Gasteiger partial charge in [0.2, 0.25) is 0 Å². The van der Waals surface area contributed by atoms with Gasteiger partial charge in [-0.2, -0.15) is 0 Å². The van der Waals surface area contributed by atoms with Crippen LogP contribution in [-0.2, 0) is 17.9 Å². The molecule has 0 saturated carbocycles. The van der Waals surface area contributed by atoms with E-state index in [9.17, 15) is 4.79 Å². The Morgan fingerprint density at radius 2 is 1.78 bits per heavy atom. The Kier molecular flexibility index (Phi) is 6.81. The molecular weight excluding hydrogens is 338 g/mol. The van der Waals surface area contributed by atoms with Crippen LogP contribution in [0.2, 0.25) is 0 Å². The molecule has 27 heavy (non-hydrogen) atoms. The van der Waals surface area contributed by atoms with Crippen LogP contribution in [0.15, 0.2) is 73.3 Å². The quantitative estimate of drug-likeness (QED) is 0.479. The number of imidazole rings is 1.